The van der Waals surface area contributed by atoms with Gasteiger partial charge in [-0.05, 0) is 44.7 Å². The number of rotatable bonds is 3. The van der Waals surface area contributed by atoms with Gasteiger partial charge in [0.2, 0.25) is 0 Å². The van der Waals surface area contributed by atoms with Gasteiger partial charge in [0.1, 0.15) is 11.6 Å². The quantitative estimate of drug-likeness (QED) is 0.727. The number of aryl methyl sites for hydroxylation is 2. The van der Waals surface area contributed by atoms with Crippen molar-refractivity contribution in [2.24, 2.45) is 5.92 Å². The van der Waals surface area contributed by atoms with Gasteiger partial charge in [-0.2, -0.15) is 0 Å². The molecular weight excluding hydrogens is 326 g/mol. The minimum Gasteiger partial charge on any atom is -0.355 e. The van der Waals surface area contributed by atoms with Crippen LogP contribution in [0.25, 0.3) is 10.9 Å². The standard InChI is InChI=1S/C20H23N5O/c1-14-19(22-10-9-21-14)24-11-7-16(8-12-24)13-25-15(2)23-18-6-4-3-5-17(18)20(25)26/h3-6,9-10,16H,7-8,11-13H2,1-2H3. The average molecular weight is 349 g/mol. The van der Waals surface area contributed by atoms with E-state index in [-0.39, 0.29) is 5.56 Å². The lowest BCUT2D eigenvalue weighted by Crippen LogP contribution is -2.37. The van der Waals surface area contributed by atoms with Crippen LogP contribution in [0, 0.1) is 19.8 Å². The van der Waals surface area contributed by atoms with Gasteiger partial charge in [0.25, 0.3) is 5.56 Å². The van der Waals surface area contributed by atoms with E-state index in [0.29, 0.717) is 11.3 Å². The van der Waals surface area contributed by atoms with Gasteiger partial charge >= 0.3 is 0 Å². The van der Waals surface area contributed by atoms with Crippen LogP contribution in [0.2, 0.25) is 0 Å². The number of hydrogen-bond donors (Lipinski definition) is 0. The van der Waals surface area contributed by atoms with Gasteiger partial charge in [0.05, 0.1) is 16.6 Å². The zero-order valence-electron chi connectivity index (χ0n) is 15.2. The van der Waals surface area contributed by atoms with E-state index in [2.05, 4.69) is 19.9 Å². The molecule has 1 aliphatic rings. The van der Waals surface area contributed by atoms with Crippen LogP contribution in [-0.4, -0.2) is 32.6 Å². The predicted octanol–water partition coefficient (Wildman–Crippen LogP) is 2.72. The van der Waals surface area contributed by atoms with Gasteiger partial charge in [0.15, 0.2) is 0 Å². The smallest absolute Gasteiger partial charge is 0.261 e. The van der Waals surface area contributed by atoms with Crippen LogP contribution in [0.3, 0.4) is 0 Å². The van der Waals surface area contributed by atoms with Gasteiger partial charge < -0.3 is 4.90 Å². The fraction of sp³-hybridized carbons (Fsp3) is 0.400. The highest BCUT2D eigenvalue weighted by atomic mass is 16.1. The number of piperidine rings is 1. The van der Waals surface area contributed by atoms with E-state index >= 15 is 0 Å². The number of benzene rings is 1. The fourth-order valence-electron chi connectivity index (χ4n) is 3.79. The number of anilines is 1. The summed E-state index contributed by atoms with van der Waals surface area (Å²) in [4.78, 5) is 28.6. The second kappa shape index (κ2) is 6.86. The molecule has 0 bridgehead atoms. The Kier molecular flexibility index (Phi) is 4.41. The molecule has 1 aliphatic heterocycles. The molecule has 4 rings (SSSR count). The summed E-state index contributed by atoms with van der Waals surface area (Å²) in [6.45, 7) is 6.54. The third-order valence-corrected chi connectivity index (χ3v) is 5.26. The van der Waals surface area contributed by atoms with E-state index in [1.807, 2.05) is 42.7 Å². The van der Waals surface area contributed by atoms with Crippen molar-refractivity contribution in [3.05, 3.63) is 58.5 Å². The fourth-order valence-corrected chi connectivity index (χ4v) is 3.79. The molecule has 0 saturated carbocycles. The maximum atomic E-state index is 12.8. The third-order valence-electron chi connectivity index (χ3n) is 5.26. The van der Waals surface area contributed by atoms with Gasteiger partial charge in [-0.15, -0.1) is 0 Å². The Morgan fingerprint density at radius 2 is 1.81 bits per heavy atom. The summed E-state index contributed by atoms with van der Waals surface area (Å²) >= 11 is 0. The van der Waals surface area contributed by atoms with Gasteiger partial charge in [0, 0.05) is 32.0 Å². The molecule has 0 radical (unpaired) electrons. The van der Waals surface area contributed by atoms with E-state index < -0.39 is 0 Å². The molecule has 6 nitrogen and oxygen atoms in total. The molecule has 3 heterocycles. The second-order valence-corrected chi connectivity index (χ2v) is 6.99. The van der Waals surface area contributed by atoms with Crippen molar-refractivity contribution in [2.45, 2.75) is 33.2 Å². The number of hydrogen-bond acceptors (Lipinski definition) is 5. The molecule has 6 heteroatoms. The highest BCUT2D eigenvalue weighted by Gasteiger charge is 2.23. The first kappa shape index (κ1) is 16.7. The van der Waals surface area contributed by atoms with Gasteiger partial charge in [-0.3, -0.25) is 14.3 Å². The van der Waals surface area contributed by atoms with Crippen LogP contribution in [0.5, 0.6) is 0 Å². The molecule has 0 aliphatic carbocycles. The highest BCUT2D eigenvalue weighted by Crippen LogP contribution is 2.24. The van der Waals surface area contributed by atoms with Crippen LogP contribution in [0.15, 0.2) is 41.5 Å². The Morgan fingerprint density at radius 3 is 2.58 bits per heavy atom. The lowest BCUT2D eigenvalue weighted by molar-refractivity contribution is 0.347. The molecule has 0 N–H and O–H groups in total. The van der Waals surface area contributed by atoms with E-state index in [1.54, 1.807) is 12.4 Å². The number of fused-ring (bicyclic) bond motifs is 1. The van der Waals surface area contributed by atoms with Crippen molar-refractivity contribution in [1.29, 1.82) is 0 Å². The Labute approximate surface area is 152 Å². The van der Waals surface area contributed by atoms with Gasteiger partial charge in [-0.1, -0.05) is 12.1 Å². The van der Waals surface area contributed by atoms with Crippen molar-refractivity contribution in [3.63, 3.8) is 0 Å². The van der Waals surface area contributed by atoms with Crippen molar-refractivity contribution in [2.75, 3.05) is 18.0 Å². The molecule has 0 amide bonds. The summed E-state index contributed by atoms with van der Waals surface area (Å²) in [5.41, 5.74) is 1.82. The Hall–Kier alpha value is -2.76. The number of para-hydroxylation sites is 1. The molecule has 0 atom stereocenters. The summed E-state index contributed by atoms with van der Waals surface area (Å²) in [5, 5.41) is 0.700. The van der Waals surface area contributed by atoms with Crippen LogP contribution in [-0.2, 0) is 6.54 Å². The SMILES string of the molecule is Cc1nccnc1N1CCC(Cn2c(C)nc3ccccc3c2=O)CC1. The normalized spacial score (nSPS) is 15.5. The Balaban J connectivity index is 1.51. The molecule has 26 heavy (non-hydrogen) atoms. The monoisotopic (exact) mass is 349 g/mol. The molecule has 3 aromatic rings. The maximum Gasteiger partial charge on any atom is 0.261 e. The van der Waals surface area contributed by atoms with Crippen molar-refractivity contribution in [1.82, 2.24) is 19.5 Å². The number of nitrogens with zero attached hydrogens (tertiary/aromatic N) is 5. The minimum absolute atomic E-state index is 0.0697. The first-order valence-corrected chi connectivity index (χ1v) is 9.12. The summed E-state index contributed by atoms with van der Waals surface area (Å²) in [7, 11) is 0. The van der Waals surface area contributed by atoms with Crippen LogP contribution in [0.4, 0.5) is 5.82 Å². The molecule has 1 fully saturated rings. The first-order chi connectivity index (χ1) is 12.6. The van der Waals surface area contributed by atoms with Crippen molar-refractivity contribution < 1.29 is 0 Å². The predicted molar refractivity (Wildman–Crippen MR) is 102 cm³/mol. The van der Waals surface area contributed by atoms with E-state index in [9.17, 15) is 4.79 Å². The van der Waals surface area contributed by atoms with E-state index in [4.69, 9.17) is 0 Å². The average Bonchev–Trinajstić information content (AvgIpc) is 2.66. The van der Waals surface area contributed by atoms with Crippen LogP contribution >= 0.6 is 0 Å². The highest BCUT2D eigenvalue weighted by molar-refractivity contribution is 5.77. The van der Waals surface area contributed by atoms with E-state index in [1.165, 1.54) is 0 Å². The summed E-state index contributed by atoms with van der Waals surface area (Å²) in [6, 6.07) is 7.57. The molecule has 134 valence electrons. The van der Waals surface area contributed by atoms with Crippen LogP contribution in [0.1, 0.15) is 24.4 Å². The van der Waals surface area contributed by atoms with Crippen molar-refractivity contribution in [3.8, 4) is 0 Å². The minimum atomic E-state index is 0.0697. The largest absolute Gasteiger partial charge is 0.355 e. The maximum absolute atomic E-state index is 12.8. The zero-order valence-corrected chi connectivity index (χ0v) is 15.2. The topological polar surface area (TPSA) is 63.9 Å². The summed E-state index contributed by atoms with van der Waals surface area (Å²) in [5.74, 6) is 2.25. The zero-order chi connectivity index (χ0) is 18.1. The Morgan fingerprint density at radius 1 is 1.08 bits per heavy atom. The molecular formula is C20H23N5O. The molecule has 1 aromatic carbocycles. The van der Waals surface area contributed by atoms with E-state index in [0.717, 1.165) is 55.3 Å². The van der Waals surface area contributed by atoms with Crippen molar-refractivity contribution >= 4 is 16.7 Å². The lowest BCUT2D eigenvalue weighted by atomic mass is 9.96. The van der Waals surface area contributed by atoms with Gasteiger partial charge in [-0.25, -0.2) is 9.97 Å². The third kappa shape index (κ3) is 3.07. The summed E-state index contributed by atoms with van der Waals surface area (Å²) in [6.07, 6.45) is 5.55. The molecule has 2 aromatic heterocycles. The Bertz CT molecular complexity index is 989. The molecule has 0 unspecified atom stereocenters. The molecule has 0 spiro atoms. The number of aromatic nitrogens is 4. The molecule has 1 saturated heterocycles. The second-order valence-electron chi connectivity index (χ2n) is 6.99. The first-order valence-electron chi connectivity index (χ1n) is 9.12. The van der Waals surface area contributed by atoms with Crippen LogP contribution < -0.4 is 10.5 Å². The summed E-state index contributed by atoms with van der Waals surface area (Å²) < 4.78 is 1.84. The lowest BCUT2D eigenvalue weighted by Gasteiger charge is -2.33.